The molecule has 1 aliphatic heterocycles. The molecule has 0 spiro atoms. The Morgan fingerprint density at radius 2 is 1.81 bits per heavy atom. The van der Waals surface area contributed by atoms with Crippen molar-refractivity contribution in [1.82, 2.24) is 10.2 Å². The van der Waals surface area contributed by atoms with E-state index in [4.69, 9.17) is 9.47 Å². The highest BCUT2D eigenvalue weighted by Crippen LogP contribution is 2.32. The zero-order chi connectivity index (χ0) is 21.8. The summed E-state index contributed by atoms with van der Waals surface area (Å²) >= 11 is 0. The molecule has 0 unspecified atom stereocenters. The monoisotopic (exact) mass is 422 g/mol. The number of amides is 3. The first-order valence-corrected chi connectivity index (χ1v) is 10.6. The van der Waals surface area contributed by atoms with Crippen LogP contribution in [0.25, 0.3) is 0 Å². The number of carbonyl (C=O) groups is 3. The zero-order valence-electron chi connectivity index (χ0n) is 17.5. The molecule has 7 nitrogen and oxygen atoms in total. The van der Waals surface area contributed by atoms with Gasteiger partial charge < -0.3 is 14.8 Å². The second-order valence-corrected chi connectivity index (χ2v) is 7.92. The number of nitrogens with one attached hydrogen (secondary N) is 1. The molecule has 2 aromatic carbocycles. The molecule has 1 aliphatic carbocycles. The fourth-order valence-corrected chi connectivity index (χ4v) is 4.07. The number of benzene rings is 2. The number of methoxy groups -OCH3 is 1. The second-order valence-electron chi connectivity index (χ2n) is 7.92. The molecule has 1 saturated carbocycles. The summed E-state index contributed by atoms with van der Waals surface area (Å²) in [6.45, 7) is 0.201. The molecule has 31 heavy (non-hydrogen) atoms. The molecular weight excluding hydrogens is 396 g/mol. The van der Waals surface area contributed by atoms with Gasteiger partial charge in [0.2, 0.25) is 5.91 Å². The molecule has 2 fully saturated rings. The van der Waals surface area contributed by atoms with Crippen LogP contribution in [0.4, 0.5) is 0 Å². The molecule has 1 heterocycles. The van der Waals surface area contributed by atoms with Gasteiger partial charge in [0.1, 0.15) is 6.04 Å². The van der Waals surface area contributed by atoms with E-state index in [1.807, 2.05) is 30.3 Å². The van der Waals surface area contributed by atoms with Crippen LogP contribution in [0.15, 0.2) is 48.5 Å². The minimum atomic E-state index is -0.870. The Kier molecular flexibility index (Phi) is 6.21. The number of hydrogen-bond donors (Lipinski definition) is 1. The van der Waals surface area contributed by atoms with Gasteiger partial charge in [-0.3, -0.25) is 19.3 Å². The van der Waals surface area contributed by atoms with E-state index in [0.717, 1.165) is 31.2 Å². The summed E-state index contributed by atoms with van der Waals surface area (Å²) in [6.07, 6.45) is 4.30. The van der Waals surface area contributed by atoms with Crippen LogP contribution in [-0.2, 0) is 16.1 Å². The first-order chi connectivity index (χ1) is 15.0. The Balaban J connectivity index is 1.44. The number of nitrogens with zero attached hydrogens (tertiary/aromatic N) is 1. The molecule has 4 rings (SSSR count). The Hall–Kier alpha value is -3.35. The Morgan fingerprint density at radius 1 is 1.06 bits per heavy atom. The van der Waals surface area contributed by atoms with Crippen molar-refractivity contribution >= 4 is 17.7 Å². The largest absolute Gasteiger partial charge is 0.493 e. The van der Waals surface area contributed by atoms with Crippen LogP contribution >= 0.6 is 0 Å². The molecule has 1 atom stereocenters. The van der Waals surface area contributed by atoms with Crippen LogP contribution in [-0.4, -0.2) is 41.9 Å². The summed E-state index contributed by atoms with van der Waals surface area (Å²) in [6, 6.07) is 13.4. The summed E-state index contributed by atoms with van der Waals surface area (Å²) < 4.78 is 11.4. The SMILES string of the molecule is COc1ccc(C(=O)N[C@H]2CC(=O)N(Cc3ccccc3)C2=O)cc1OC1CCCC1. The average Bonchev–Trinajstić information content (AvgIpc) is 3.38. The van der Waals surface area contributed by atoms with Crippen molar-refractivity contribution in [3.63, 3.8) is 0 Å². The second kappa shape index (κ2) is 9.20. The van der Waals surface area contributed by atoms with E-state index in [1.165, 1.54) is 4.90 Å². The maximum atomic E-state index is 12.8. The molecule has 1 N–H and O–H groups in total. The summed E-state index contributed by atoms with van der Waals surface area (Å²) in [5.74, 6) is -0.0323. The molecule has 0 radical (unpaired) electrons. The maximum absolute atomic E-state index is 12.8. The van der Waals surface area contributed by atoms with Gasteiger partial charge in [0, 0.05) is 5.56 Å². The lowest BCUT2D eigenvalue weighted by atomic mass is 10.1. The third-order valence-corrected chi connectivity index (χ3v) is 5.75. The summed E-state index contributed by atoms with van der Waals surface area (Å²) in [5.41, 5.74) is 1.22. The van der Waals surface area contributed by atoms with Crippen molar-refractivity contribution in [2.45, 2.75) is 50.8 Å². The number of imide groups is 1. The van der Waals surface area contributed by atoms with Gasteiger partial charge >= 0.3 is 0 Å². The summed E-state index contributed by atoms with van der Waals surface area (Å²) in [5, 5.41) is 2.70. The third-order valence-electron chi connectivity index (χ3n) is 5.75. The fraction of sp³-hybridized carbons (Fsp3) is 0.375. The molecule has 162 valence electrons. The number of likely N-dealkylation sites (tertiary alicyclic amines) is 1. The lowest BCUT2D eigenvalue weighted by Gasteiger charge is -2.18. The quantitative estimate of drug-likeness (QED) is 0.693. The lowest BCUT2D eigenvalue weighted by Crippen LogP contribution is -2.41. The maximum Gasteiger partial charge on any atom is 0.252 e. The molecule has 1 saturated heterocycles. The molecule has 0 aromatic heterocycles. The Labute approximate surface area is 181 Å². The van der Waals surface area contributed by atoms with Crippen molar-refractivity contribution < 1.29 is 23.9 Å². The van der Waals surface area contributed by atoms with E-state index < -0.39 is 17.9 Å². The highest BCUT2D eigenvalue weighted by molar-refractivity contribution is 6.08. The van der Waals surface area contributed by atoms with Gasteiger partial charge in [0.15, 0.2) is 11.5 Å². The molecule has 3 amide bonds. The van der Waals surface area contributed by atoms with E-state index in [2.05, 4.69) is 5.32 Å². The van der Waals surface area contributed by atoms with Crippen molar-refractivity contribution in [2.24, 2.45) is 0 Å². The zero-order valence-corrected chi connectivity index (χ0v) is 17.5. The summed E-state index contributed by atoms with van der Waals surface area (Å²) in [4.78, 5) is 39.1. The minimum absolute atomic E-state index is 0.0427. The van der Waals surface area contributed by atoms with E-state index >= 15 is 0 Å². The van der Waals surface area contributed by atoms with Crippen LogP contribution in [0.2, 0.25) is 0 Å². The predicted octanol–water partition coefficient (Wildman–Crippen LogP) is 3.07. The predicted molar refractivity (Wildman–Crippen MR) is 114 cm³/mol. The van der Waals surface area contributed by atoms with E-state index in [9.17, 15) is 14.4 Å². The van der Waals surface area contributed by atoms with Crippen molar-refractivity contribution in [3.05, 3.63) is 59.7 Å². The van der Waals surface area contributed by atoms with Crippen LogP contribution in [0.5, 0.6) is 11.5 Å². The molecule has 7 heteroatoms. The van der Waals surface area contributed by atoms with Gasteiger partial charge in [-0.05, 0) is 49.4 Å². The van der Waals surface area contributed by atoms with Crippen molar-refractivity contribution in [3.8, 4) is 11.5 Å². The summed E-state index contributed by atoms with van der Waals surface area (Å²) in [7, 11) is 1.56. The van der Waals surface area contributed by atoms with E-state index in [1.54, 1.807) is 25.3 Å². The van der Waals surface area contributed by atoms with Crippen LogP contribution < -0.4 is 14.8 Å². The topological polar surface area (TPSA) is 84.9 Å². The highest BCUT2D eigenvalue weighted by atomic mass is 16.5. The van der Waals surface area contributed by atoms with E-state index in [0.29, 0.717) is 17.1 Å². The molecular formula is C24H26N2O5. The van der Waals surface area contributed by atoms with Gasteiger partial charge in [0.05, 0.1) is 26.2 Å². The first-order valence-electron chi connectivity index (χ1n) is 10.6. The lowest BCUT2D eigenvalue weighted by molar-refractivity contribution is -0.139. The highest BCUT2D eigenvalue weighted by Gasteiger charge is 2.39. The van der Waals surface area contributed by atoms with Crippen molar-refractivity contribution in [1.29, 1.82) is 0 Å². The van der Waals surface area contributed by atoms with Gasteiger partial charge in [0.25, 0.3) is 11.8 Å². The van der Waals surface area contributed by atoms with Crippen LogP contribution in [0.1, 0.15) is 48.0 Å². The Morgan fingerprint density at radius 3 is 2.52 bits per heavy atom. The fourth-order valence-electron chi connectivity index (χ4n) is 4.07. The normalized spacial score (nSPS) is 19.0. The number of rotatable bonds is 7. The van der Waals surface area contributed by atoms with Crippen LogP contribution in [0.3, 0.4) is 0 Å². The number of ether oxygens (including phenoxy) is 2. The number of carbonyl (C=O) groups excluding carboxylic acids is 3. The molecule has 2 aromatic rings. The van der Waals surface area contributed by atoms with Gasteiger partial charge in [-0.1, -0.05) is 30.3 Å². The number of hydrogen-bond acceptors (Lipinski definition) is 5. The molecule has 0 bridgehead atoms. The third kappa shape index (κ3) is 4.71. The van der Waals surface area contributed by atoms with E-state index in [-0.39, 0.29) is 25.0 Å². The van der Waals surface area contributed by atoms with Crippen molar-refractivity contribution in [2.75, 3.05) is 7.11 Å². The smallest absolute Gasteiger partial charge is 0.252 e. The van der Waals surface area contributed by atoms with Crippen LogP contribution in [0, 0.1) is 0 Å². The first kappa shape index (κ1) is 20.9. The standard InChI is InChI=1S/C24H26N2O5/c1-30-20-12-11-17(13-21(20)31-18-9-5-6-10-18)23(28)25-19-14-22(27)26(24(19)29)15-16-7-3-2-4-8-16/h2-4,7-8,11-13,18-19H,5-6,9-10,14-15H2,1H3,(H,25,28)/t19-/m0/s1. The van der Waals surface area contributed by atoms with Gasteiger partial charge in [-0.15, -0.1) is 0 Å². The van der Waals surface area contributed by atoms with Gasteiger partial charge in [-0.25, -0.2) is 0 Å². The average molecular weight is 422 g/mol. The Bertz CT molecular complexity index is 969. The minimum Gasteiger partial charge on any atom is -0.493 e. The molecule has 2 aliphatic rings. The van der Waals surface area contributed by atoms with Gasteiger partial charge in [-0.2, -0.15) is 0 Å².